The van der Waals surface area contributed by atoms with Crippen molar-refractivity contribution < 1.29 is 14.3 Å². The summed E-state index contributed by atoms with van der Waals surface area (Å²) < 4.78 is 7.39. The summed E-state index contributed by atoms with van der Waals surface area (Å²) in [5, 5.41) is 8.05. The Kier molecular flexibility index (Phi) is 7.49. The number of piperidine rings is 1. The smallest absolute Gasteiger partial charge is 0.410 e. The van der Waals surface area contributed by atoms with Crippen molar-refractivity contribution in [1.82, 2.24) is 34.3 Å². The van der Waals surface area contributed by atoms with Crippen LogP contribution in [-0.2, 0) is 14.9 Å². The summed E-state index contributed by atoms with van der Waals surface area (Å²) in [6.45, 7) is 11.1. The Hall–Kier alpha value is -3.21. The van der Waals surface area contributed by atoms with E-state index in [4.69, 9.17) is 4.74 Å². The zero-order chi connectivity index (χ0) is 26.0. The van der Waals surface area contributed by atoms with Gasteiger partial charge in [-0.1, -0.05) is 26.8 Å². The first-order chi connectivity index (χ1) is 17.0. The quantitative estimate of drug-likeness (QED) is 0.603. The molecule has 2 aliphatic rings. The van der Waals surface area contributed by atoms with Crippen LogP contribution in [0.4, 0.5) is 10.7 Å². The lowest BCUT2D eigenvalue weighted by Gasteiger charge is -2.39. The summed E-state index contributed by atoms with van der Waals surface area (Å²) in [4.78, 5) is 39.4. The third-order valence-electron chi connectivity index (χ3n) is 6.53. The number of nitrogens with zero attached hydrogens (tertiary/aromatic N) is 7. The SMILES string of the molecule is Cc1nc(NC2CCN(C(=O)OC3CN(C(=O)/C=C/CN(C)C)C3)CC2)n2ncc(C(C)(C)C)c2n1. The van der Waals surface area contributed by atoms with E-state index in [9.17, 15) is 9.59 Å². The first kappa shape index (κ1) is 25.9. The van der Waals surface area contributed by atoms with E-state index in [0.717, 1.165) is 24.1 Å². The summed E-state index contributed by atoms with van der Waals surface area (Å²) in [7, 11) is 3.90. The molecule has 2 aromatic heterocycles. The molecule has 196 valence electrons. The lowest BCUT2D eigenvalue weighted by molar-refractivity contribution is -0.136. The van der Waals surface area contributed by atoms with E-state index in [-0.39, 0.29) is 29.6 Å². The number of hydrogen-bond acceptors (Lipinski definition) is 8. The van der Waals surface area contributed by atoms with Crippen LogP contribution in [0, 0.1) is 6.92 Å². The summed E-state index contributed by atoms with van der Waals surface area (Å²) in [5.41, 5.74) is 1.83. The van der Waals surface area contributed by atoms with Gasteiger partial charge in [-0.05, 0) is 39.3 Å². The van der Waals surface area contributed by atoms with Crippen LogP contribution in [0.25, 0.3) is 5.65 Å². The Morgan fingerprint density at radius 1 is 1.17 bits per heavy atom. The van der Waals surface area contributed by atoms with Crippen LogP contribution in [0.5, 0.6) is 0 Å². The lowest BCUT2D eigenvalue weighted by Crippen LogP contribution is -2.56. The average Bonchev–Trinajstić information content (AvgIpc) is 3.20. The molecule has 0 unspecified atom stereocenters. The molecule has 4 heterocycles. The van der Waals surface area contributed by atoms with Gasteiger partial charge < -0.3 is 24.8 Å². The molecule has 0 radical (unpaired) electrons. The minimum absolute atomic E-state index is 0.0445. The molecule has 36 heavy (non-hydrogen) atoms. The highest BCUT2D eigenvalue weighted by Crippen LogP contribution is 2.27. The fourth-order valence-electron chi connectivity index (χ4n) is 4.37. The van der Waals surface area contributed by atoms with Crippen molar-refractivity contribution in [3.8, 4) is 0 Å². The fraction of sp³-hybridized carbons (Fsp3) is 0.640. The molecule has 0 aromatic carbocycles. The highest BCUT2D eigenvalue weighted by molar-refractivity contribution is 5.88. The van der Waals surface area contributed by atoms with Gasteiger partial charge in [-0.2, -0.15) is 14.6 Å². The van der Waals surface area contributed by atoms with E-state index < -0.39 is 0 Å². The monoisotopic (exact) mass is 498 g/mol. The van der Waals surface area contributed by atoms with Gasteiger partial charge in [0.25, 0.3) is 0 Å². The molecule has 0 saturated carbocycles. The molecule has 2 saturated heterocycles. The summed E-state index contributed by atoms with van der Waals surface area (Å²) >= 11 is 0. The highest BCUT2D eigenvalue weighted by atomic mass is 16.6. The van der Waals surface area contributed by atoms with Gasteiger partial charge in [-0.25, -0.2) is 9.78 Å². The number of aromatic nitrogens is 4. The second kappa shape index (κ2) is 10.4. The van der Waals surface area contributed by atoms with Crippen molar-refractivity contribution in [3.63, 3.8) is 0 Å². The Morgan fingerprint density at radius 3 is 2.50 bits per heavy atom. The molecule has 0 aliphatic carbocycles. The maximum atomic E-state index is 12.6. The average molecular weight is 499 g/mol. The van der Waals surface area contributed by atoms with Crippen molar-refractivity contribution in [2.75, 3.05) is 52.1 Å². The molecule has 2 aliphatic heterocycles. The largest absolute Gasteiger partial charge is 0.442 e. The Labute approximate surface area is 212 Å². The number of likely N-dealkylation sites (N-methyl/N-ethyl adjacent to an activating group) is 1. The van der Waals surface area contributed by atoms with E-state index in [1.54, 1.807) is 20.4 Å². The summed E-state index contributed by atoms with van der Waals surface area (Å²) in [6.07, 6.45) is 6.28. The van der Waals surface area contributed by atoms with Gasteiger partial charge in [-0.15, -0.1) is 0 Å². The Balaban J connectivity index is 1.25. The van der Waals surface area contributed by atoms with Crippen molar-refractivity contribution in [3.05, 3.63) is 29.7 Å². The molecule has 11 heteroatoms. The van der Waals surface area contributed by atoms with Gasteiger partial charge in [0, 0.05) is 37.3 Å². The number of ether oxygens (including phenoxy) is 1. The molecular formula is C25H38N8O3. The number of fused-ring (bicyclic) bond motifs is 1. The number of carbonyl (C=O) groups excluding carboxylic acids is 2. The number of rotatable bonds is 6. The molecule has 2 fully saturated rings. The van der Waals surface area contributed by atoms with E-state index in [1.807, 2.05) is 38.2 Å². The van der Waals surface area contributed by atoms with Gasteiger partial charge in [-0.3, -0.25) is 4.79 Å². The first-order valence-corrected chi connectivity index (χ1v) is 12.6. The van der Waals surface area contributed by atoms with Gasteiger partial charge in [0.05, 0.1) is 19.3 Å². The zero-order valence-corrected chi connectivity index (χ0v) is 22.2. The molecule has 2 aromatic rings. The fourth-order valence-corrected chi connectivity index (χ4v) is 4.37. The summed E-state index contributed by atoms with van der Waals surface area (Å²) in [5.74, 6) is 1.32. The Morgan fingerprint density at radius 2 is 1.86 bits per heavy atom. The number of likely N-dealkylation sites (tertiary alicyclic amines) is 2. The van der Waals surface area contributed by atoms with E-state index in [0.29, 0.717) is 44.5 Å². The number of nitrogens with one attached hydrogen (secondary N) is 1. The van der Waals surface area contributed by atoms with E-state index >= 15 is 0 Å². The molecule has 1 N–H and O–H groups in total. The van der Waals surface area contributed by atoms with Crippen molar-refractivity contribution in [2.45, 2.75) is 58.1 Å². The van der Waals surface area contributed by atoms with Gasteiger partial charge in [0.1, 0.15) is 11.9 Å². The maximum absolute atomic E-state index is 12.6. The minimum atomic E-state index is -0.309. The maximum Gasteiger partial charge on any atom is 0.410 e. The van der Waals surface area contributed by atoms with Crippen molar-refractivity contribution in [1.29, 1.82) is 0 Å². The predicted octanol–water partition coefficient (Wildman–Crippen LogP) is 2.07. The second-order valence-electron chi connectivity index (χ2n) is 11.0. The number of amides is 2. The standard InChI is InChI=1S/C25H38N8O3/c1-17-27-22-20(25(2,3)4)14-26-33(22)23(28-17)29-18-9-12-31(13-10-18)24(35)36-19-15-32(16-19)21(34)8-7-11-30(5)6/h7-8,14,18-19H,9-13,15-16H2,1-6H3,(H,27,28,29)/b8-7+. The van der Waals surface area contributed by atoms with Crippen LogP contribution in [0.1, 0.15) is 45.0 Å². The molecular weight excluding hydrogens is 460 g/mol. The number of anilines is 1. The molecule has 4 rings (SSSR count). The number of hydrogen-bond donors (Lipinski definition) is 1. The molecule has 0 spiro atoms. The van der Waals surface area contributed by atoms with Crippen molar-refractivity contribution >= 4 is 23.6 Å². The predicted molar refractivity (Wildman–Crippen MR) is 137 cm³/mol. The van der Waals surface area contributed by atoms with Crippen LogP contribution >= 0.6 is 0 Å². The third-order valence-corrected chi connectivity index (χ3v) is 6.53. The molecule has 0 atom stereocenters. The van der Waals surface area contributed by atoms with Gasteiger partial charge in [0.2, 0.25) is 11.9 Å². The van der Waals surface area contributed by atoms with Crippen LogP contribution in [0.3, 0.4) is 0 Å². The van der Waals surface area contributed by atoms with Crippen LogP contribution in [0.15, 0.2) is 18.3 Å². The third kappa shape index (κ3) is 5.95. The van der Waals surface area contributed by atoms with Crippen LogP contribution < -0.4 is 5.32 Å². The van der Waals surface area contributed by atoms with Gasteiger partial charge >= 0.3 is 6.09 Å². The first-order valence-electron chi connectivity index (χ1n) is 12.6. The van der Waals surface area contributed by atoms with E-state index in [2.05, 4.69) is 41.2 Å². The minimum Gasteiger partial charge on any atom is -0.442 e. The topological polar surface area (TPSA) is 108 Å². The second-order valence-corrected chi connectivity index (χ2v) is 11.0. The number of aryl methyl sites for hydroxylation is 1. The van der Waals surface area contributed by atoms with Gasteiger partial charge in [0.15, 0.2) is 5.65 Å². The number of carbonyl (C=O) groups is 2. The Bertz CT molecular complexity index is 1120. The van der Waals surface area contributed by atoms with Crippen molar-refractivity contribution in [2.24, 2.45) is 0 Å². The summed E-state index contributed by atoms with van der Waals surface area (Å²) in [6, 6.07) is 0.166. The lowest BCUT2D eigenvalue weighted by atomic mass is 9.89. The highest BCUT2D eigenvalue weighted by Gasteiger charge is 2.34. The molecule has 11 nitrogen and oxygen atoms in total. The zero-order valence-electron chi connectivity index (χ0n) is 22.2. The molecule has 2 amide bonds. The van der Waals surface area contributed by atoms with E-state index in [1.165, 1.54) is 0 Å². The van der Waals surface area contributed by atoms with Crippen LogP contribution in [0.2, 0.25) is 0 Å². The normalized spacial score (nSPS) is 17.8. The molecule has 0 bridgehead atoms. The van der Waals surface area contributed by atoms with Crippen LogP contribution in [-0.4, -0.2) is 105 Å².